The van der Waals surface area contributed by atoms with Gasteiger partial charge in [-0.1, -0.05) is 23.2 Å². The summed E-state index contributed by atoms with van der Waals surface area (Å²) in [5.41, 5.74) is 0. The van der Waals surface area contributed by atoms with Crippen LogP contribution in [0.3, 0.4) is 0 Å². The van der Waals surface area contributed by atoms with Gasteiger partial charge in [0.15, 0.2) is 16.8 Å². The molecule has 6 heteroatoms. The molecule has 1 aromatic carbocycles. The molecule has 0 aliphatic heterocycles. The van der Waals surface area contributed by atoms with Crippen molar-refractivity contribution in [3.63, 3.8) is 0 Å². The molecule has 0 aliphatic rings. The van der Waals surface area contributed by atoms with Gasteiger partial charge < -0.3 is 9.66 Å². The number of halogens is 2. The molecule has 66 valence electrons. The fraction of sp³-hybridized carbons (Fsp3) is 0. The average Bonchev–Trinajstić information content (AvgIpc) is 1.96. The van der Waals surface area contributed by atoms with Crippen LogP contribution in [0, 0.1) is 0 Å². The molecule has 0 amide bonds. The molecule has 1 rings (SSSR count). The summed E-state index contributed by atoms with van der Waals surface area (Å²) >= 11 is 8.73. The molecule has 3 nitrogen and oxygen atoms in total. The molecule has 0 radical (unpaired) electrons. The van der Waals surface area contributed by atoms with Crippen molar-refractivity contribution in [2.75, 3.05) is 0 Å². The number of phenols is 1. The van der Waals surface area contributed by atoms with Gasteiger partial charge in [-0.3, -0.25) is 0 Å². The highest BCUT2D eigenvalue weighted by Crippen LogP contribution is 2.32. The van der Waals surface area contributed by atoms with E-state index in [1.165, 1.54) is 12.1 Å². The number of hydrogen-bond acceptors (Lipinski definition) is 2. The highest BCUT2D eigenvalue weighted by molar-refractivity contribution is 7.79. The molecule has 0 aliphatic carbocycles. The predicted molar refractivity (Wildman–Crippen MR) is 47.2 cm³/mol. The lowest BCUT2D eigenvalue weighted by molar-refractivity contribution is 0.457. The lowest BCUT2D eigenvalue weighted by Crippen LogP contribution is -1.89. The van der Waals surface area contributed by atoms with E-state index in [0.717, 1.165) is 0 Å². The van der Waals surface area contributed by atoms with Crippen LogP contribution in [0.4, 0.5) is 0 Å². The van der Waals surface area contributed by atoms with Crippen LogP contribution in [0.25, 0.3) is 0 Å². The number of rotatable bonds is 1. The first-order valence-corrected chi connectivity index (χ1v) is 4.67. The minimum atomic E-state index is -2.28. The summed E-state index contributed by atoms with van der Waals surface area (Å²) in [6, 6.07) is 2.47. The Morgan fingerprint density at radius 1 is 1.33 bits per heavy atom. The van der Waals surface area contributed by atoms with E-state index in [4.69, 9.17) is 32.9 Å². The van der Waals surface area contributed by atoms with Crippen molar-refractivity contribution in [2.45, 2.75) is 4.90 Å². The van der Waals surface area contributed by atoms with Gasteiger partial charge in [-0.15, -0.1) is 0 Å². The van der Waals surface area contributed by atoms with Gasteiger partial charge >= 0.3 is 0 Å². The van der Waals surface area contributed by atoms with Gasteiger partial charge in [-0.05, 0) is 12.1 Å². The van der Waals surface area contributed by atoms with E-state index in [1.807, 2.05) is 0 Å². The normalized spacial score (nSPS) is 12.9. The lowest BCUT2D eigenvalue weighted by atomic mass is 10.3. The predicted octanol–water partition coefficient (Wildman–Crippen LogP) is 2.28. The zero-order chi connectivity index (χ0) is 9.30. The van der Waals surface area contributed by atoms with E-state index < -0.39 is 16.8 Å². The fourth-order valence-corrected chi connectivity index (χ4v) is 1.79. The van der Waals surface area contributed by atoms with E-state index >= 15 is 0 Å². The van der Waals surface area contributed by atoms with Crippen LogP contribution >= 0.6 is 23.2 Å². The summed E-state index contributed by atoms with van der Waals surface area (Å²) in [6.45, 7) is 0. The highest BCUT2D eigenvalue weighted by Gasteiger charge is 2.11. The van der Waals surface area contributed by atoms with Crippen LogP contribution in [0.2, 0.25) is 10.0 Å². The van der Waals surface area contributed by atoms with Crippen molar-refractivity contribution in [3.8, 4) is 5.75 Å². The largest absolute Gasteiger partial charge is 0.505 e. The Morgan fingerprint density at radius 3 is 2.42 bits per heavy atom. The van der Waals surface area contributed by atoms with Crippen LogP contribution in [0.15, 0.2) is 17.0 Å². The molecule has 0 fully saturated rings. The Labute approximate surface area is 81.2 Å². The Kier molecular flexibility index (Phi) is 2.95. The van der Waals surface area contributed by atoms with Gasteiger partial charge in [0.2, 0.25) is 0 Å². The molecule has 0 heterocycles. The maximum Gasteiger partial charge on any atom is 0.190 e. The summed E-state index contributed by atoms with van der Waals surface area (Å²) < 4.78 is 19.2. The smallest absolute Gasteiger partial charge is 0.190 e. The molecule has 0 aromatic heterocycles. The monoisotopic (exact) mass is 226 g/mol. The maximum atomic E-state index is 10.6. The molecule has 0 saturated carbocycles. The quantitative estimate of drug-likeness (QED) is 0.723. The molecular weight excluding hydrogens is 223 g/mol. The van der Waals surface area contributed by atoms with Crippen LogP contribution in [-0.2, 0) is 11.1 Å². The van der Waals surface area contributed by atoms with Crippen molar-refractivity contribution >= 4 is 34.3 Å². The van der Waals surface area contributed by atoms with E-state index in [9.17, 15) is 4.21 Å². The SMILES string of the molecule is O=S(O)c1cc(Cl)cc(Cl)c1O. The molecule has 0 saturated heterocycles. The van der Waals surface area contributed by atoms with Gasteiger partial charge in [-0.25, -0.2) is 4.21 Å². The summed E-state index contributed by atoms with van der Waals surface area (Å²) in [5.74, 6) is -0.415. The fourth-order valence-electron chi connectivity index (χ4n) is 0.675. The first-order chi connectivity index (χ1) is 5.52. The minimum Gasteiger partial charge on any atom is -0.505 e. The summed E-state index contributed by atoms with van der Waals surface area (Å²) in [4.78, 5) is -0.187. The zero-order valence-corrected chi connectivity index (χ0v) is 7.95. The minimum absolute atomic E-state index is 0.0418. The van der Waals surface area contributed by atoms with Crippen molar-refractivity contribution in [1.29, 1.82) is 0 Å². The molecule has 1 unspecified atom stereocenters. The standard InChI is InChI=1S/C6H4Cl2O3S/c7-3-1-4(8)6(9)5(2-3)12(10)11/h1-2,9H,(H,10,11). The van der Waals surface area contributed by atoms with Crippen LogP contribution in [0.1, 0.15) is 0 Å². The van der Waals surface area contributed by atoms with Crippen LogP contribution in [-0.4, -0.2) is 13.9 Å². The van der Waals surface area contributed by atoms with E-state index in [-0.39, 0.29) is 14.9 Å². The molecular formula is C6H4Cl2O3S. The second-order valence-electron chi connectivity index (χ2n) is 1.98. The summed E-state index contributed by atoms with van der Waals surface area (Å²) in [5, 5.41) is 9.31. The van der Waals surface area contributed by atoms with E-state index in [1.54, 1.807) is 0 Å². The van der Waals surface area contributed by atoms with Crippen molar-refractivity contribution in [2.24, 2.45) is 0 Å². The third-order valence-corrected chi connectivity index (χ3v) is 2.38. The van der Waals surface area contributed by atoms with E-state index in [2.05, 4.69) is 0 Å². The lowest BCUT2D eigenvalue weighted by Gasteiger charge is -2.01. The topological polar surface area (TPSA) is 57.5 Å². The van der Waals surface area contributed by atoms with Crippen LogP contribution < -0.4 is 0 Å². The Balaban J connectivity index is 3.37. The zero-order valence-electron chi connectivity index (χ0n) is 5.62. The maximum absolute atomic E-state index is 10.6. The number of aromatic hydroxyl groups is 1. The molecule has 1 atom stereocenters. The molecule has 0 spiro atoms. The van der Waals surface area contributed by atoms with Crippen LogP contribution in [0.5, 0.6) is 5.75 Å². The first kappa shape index (κ1) is 9.80. The number of phenolic OH excluding ortho intramolecular Hbond substituents is 1. The van der Waals surface area contributed by atoms with Gasteiger partial charge in [0.25, 0.3) is 0 Å². The number of benzene rings is 1. The average molecular weight is 227 g/mol. The summed E-state index contributed by atoms with van der Waals surface area (Å²) in [7, 11) is 0. The van der Waals surface area contributed by atoms with Gasteiger partial charge in [-0.2, -0.15) is 0 Å². The number of hydrogen-bond donors (Lipinski definition) is 2. The third-order valence-electron chi connectivity index (χ3n) is 1.18. The van der Waals surface area contributed by atoms with Gasteiger partial charge in [0.05, 0.1) is 5.02 Å². The molecule has 12 heavy (non-hydrogen) atoms. The second kappa shape index (κ2) is 3.62. The third kappa shape index (κ3) is 1.90. The molecule has 0 bridgehead atoms. The second-order valence-corrected chi connectivity index (χ2v) is 3.77. The Hall–Kier alpha value is -0.290. The molecule has 2 N–H and O–H groups in total. The Morgan fingerprint density at radius 2 is 1.92 bits per heavy atom. The first-order valence-electron chi connectivity index (χ1n) is 2.81. The molecule has 1 aromatic rings. The Bertz CT molecular complexity index is 340. The summed E-state index contributed by atoms with van der Waals surface area (Å²) in [6.07, 6.45) is 0. The highest BCUT2D eigenvalue weighted by atomic mass is 35.5. The van der Waals surface area contributed by atoms with E-state index in [0.29, 0.717) is 0 Å². The van der Waals surface area contributed by atoms with Crippen molar-refractivity contribution < 1.29 is 13.9 Å². The van der Waals surface area contributed by atoms with Crippen molar-refractivity contribution in [3.05, 3.63) is 22.2 Å². The van der Waals surface area contributed by atoms with Crippen molar-refractivity contribution in [1.82, 2.24) is 0 Å². The van der Waals surface area contributed by atoms with Gasteiger partial charge in [0.1, 0.15) is 4.90 Å². The van der Waals surface area contributed by atoms with Gasteiger partial charge in [0, 0.05) is 5.02 Å².